The molecule has 134 valence electrons. The average molecular weight is 337 g/mol. The van der Waals surface area contributed by atoms with E-state index in [-0.39, 0.29) is 18.2 Å². The molecule has 1 N–H and O–H groups in total. The maximum absolute atomic E-state index is 12.6. The van der Waals surface area contributed by atoms with Gasteiger partial charge in [-0.3, -0.25) is 9.58 Å². The number of ether oxygens (including phenoxy) is 2. The van der Waals surface area contributed by atoms with Crippen molar-refractivity contribution in [2.75, 3.05) is 13.2 Å². The minimum absolute atomic E-state index is 0.197. The SMILES string of the molecule is Cc1nn(C)cc1C1(O)CC2COCC(C1)N2C(=O)OC(C)(C)C. The number of nitrogens with zero attached hydrogens (tertiary/aromatic N) is 3. The van der Waals surface area contributed by atoms with Crippen LogP contribution < -0.4 is 0 Å². The highest BCUT2D eigenvalue weighted by molar-refractivity contribution is 5.69. The molecule has 3 heterocycles. The molecule has 24 heavy (non-hydrogen) atoms. The number of fused-ring (bicyclic) bond motifs is 2. The summed E-state index contributed by atoms with van der Waals surface area (Å²) < 4.78 is 12.9. The third kappa shape index (κ3) is 3.15. The fourth-order valence-corrected chi connectivity index (χ4v) is 3.87. The van der Waals surface area contributed by atoms with Gasteiger partial charge >= 0.3 is 6.09 Å². The molecule has 2 bridgehead atoms. The first kappa shape index (κ1) is 17.2. The van der Waals surface area contributed by atoms with Gasteiger partial charge < -0.3 is 14.6 Å². The zero-order valence-corrected chi connectivity index (χ0v) is 15.1. The molecule has 2 saturated heterocycles. The lowest BCUT2D eigenvalue weighted by atomic mass is 9.77. The van der Waals surface area contributed by atoms with Crippen molar-refractivity contribution in [1.29, 1.82) is 0 Å². The van der Waals surface area contributed by atoms with Gasteiger partial charge in [-0.1, -0.05) is 0 Å². The molecule has 1 aromatic heterocycles. The second-order valence-corrected chi connectivity index (χ2v) is 7.97. The molecule has 1 aromatic rings. The Morgan fingerprint density at radius 1 is 1.38 bits per heavy atom. The monoisotopic (exact) mass is 337 g/mol. The van der Waals surface area contributed by atoms with Gasteiger partial charge in [0, 0.05) is 31.6 Å². The summed E-state index contributed by atoms with van der Waals surface area (Å²) in [5.41, 5.74) is 0.131. The molecule has 2 fully saturated rings. The highest BCUT2D eigenvalue weighted by Gasteiger charge is 2.50. The van der Waals surface area contributed by atoms with E-state index in [1.165, 1.54) is 0 Å². The topological polar surface area (TPSA) is 76.8 Å². The molecular weight excluding hydrogens is 310 g/mol. The Bertz CT molecular complexity index is 620. The predicted octanol–water partition coefficient (Wildman–Crippen LogP) is 1.71. The maximum atomic E-state index is 12.6. The van der Waals surface area contributed by atoms with Crippen LogP contribution in [-0.4, -0.2) is 56.8 Å². The largest absolute Gasteiger partial charge is 0.444 e. The zero-order valence-electron chi connectivity index (χ0n) is 15.1. The number of hydrogen-bond donors (Lipinski definition) is 1. The van der Waals surface area contributed by atoms with E-state index in [9.17, 15) is 9.90 Å². The van der Waals surface area contributed by atoms with Crippen LogP contribution in [0.1, 0.15) is 44.9 Å². The number of rotatable bonds is 1. The van der Waals surface area contributed by atoms with Crippen LogP contribution in [-0.2, 0) is 22.1 Å². The summed E-state index contributed by atoms with van der Waals surface area (Å²) in [7, 11) is 1.85. The third-order valence-corrected chi connectivity index (χ3v) is 4.67. The van der Waals surface area contributed by atoms with Crippen molar-refractivity contribution >= 4 is 6.09 Å². The van der Waals surface area contributed by atoms with Gasteiger partial charge in [-0.05, 0) is 27.7 Å². The lowest BCUT2D eigenvalue weighted by molar-refractivity contribution is -0.141. The summed E-state index contributed by atoms with van der Waals surface area (Å²) >= 11 is 0. The fraction of sp³-hybridized carbons (Fsp3) is 0.765. The summed E-state index contributed by atoms with van der Waals surface area (Å²) in [6, 6.07) is -0.395. The Kier molecular flexibility index (Phi) is 4.12. The molecule has 2 unspecified atom stereocenters. The molecule has 2 aliphatic heterocycles. The Balaban J connectivity index is 1.85. The van der Waals surface area contributed by atoms with E-state index in [0.29, 0.717) is 26.1 Å². The Hall–Kier alpha value is -1.60. The summed E-state index contributed by atoms with van der Waals surface area (Å²) in [5.74, 6) is 0. The van der Waals surface area contributed by atoms with Crippen LogP contribution in [0.3, 0.4) is 0 Å². The number of carbonyl (C=O) groups is 1. The molecule has 0 saturated carbocycles. The number of morpholine rings is 1. The molecule has 7 nitrogen and oxygen atoms in total. The molecule has 2 atom stereocenters. The van der Waals surface area contributed by atoms with Crippen LogP contribution in [0, 0.1) is 6.92 Å². The van der Waals surface area contributed by atoms with Crippen molar-refractivity contribution in [3.63, 3.8) is 0 Å². The Labute approximate surface area is 142 Å². The van der Waals surface area contributed by atoms with Crippen molar-refractivity contribution in [2.45, 2.75) is 63.8 Å². The summed E-state index contributed by atoms with van der Waals surface area (Å²) in [6.45, 7) is 8.30. The zero-order chi connectivity index (χ0) is 17.7. The van der Waals surface area contributed by atoms with Crippen molar-refractivity contribution < 1.29 is 19.4 Å². The van der Waals surface area contributed by atoms with E-state index in [1.807, 2.05) is 40.9 Å². The number of carbonyl (C=O) groups excluding carboxylic acids is 1. The number of piperidine rings is 1. The molecule has 0 aromatic carbocycles. The molecule has 0 radical (unpaired) electrons. The van der Waals surface area contributed by atoms with Crippen LogP contribution in [0.15, 0.2) is 6.20 Å². The lowest BCUT2D eigenvalue weighted by Crippen LogP contribution is -2.63. The standard InChI is InChI=1S/C17H27N3O4/c1-11-14(8-19(5)18-11)17(22)6-12-9-23-10-13(7-17)20(12)15(21)24-16(2,3)4/h8,12-13,22H,6-7,9-10H2,1-5H3. The normalized spacial score (nSPS) is 30.3. The van der Waals surface area contributed by atoms with Gasteiger partial charge in [0.2, 0.25) is 0 Å². The van der Waals surface area contributed by atoms with E-state index < -0.39 is 11.2 Å². The van der Waals surface area contributed by atoms with Crippen LogP contribution in [0.25, 0.3) is 0 Å². The third-order valence-electron chi connectivity index (χ3n) is 4.67. The molecule has 3 rings (SSSR count). The first-order chi connectivity index (χ1) is 11.1. The quantitative estimate of drug-likeness (QED) is 0.844. The van der Waals surface area contributed by atoms with E-state index in [4.69, 9.17) is 9.47 Å². The fourth-order valence-electron chi connectivity index (χ4n) is 3.87. The highest BCUT2D eigenvalue weighted by atomic mass is 16.6. The minimum atomic E-state index is -0.990. The van der Waals surface area contributed by atoms with E-state index in [2.05, 4.69) is 5.10 Å². The summed E-state index contributed by atoms with van der Waals surface area (Å²) in [4.78, 5) is 14.4. The molecule has 0 aliphatic carbocycles. The van der Waals surface area contributed by atoms with E-state index in [1.54, 1.807) is 9.58 Å². The van der Waals surface area contributed by atoms with Gasteiger partial charge in [-0.25, -0.2) is 4.79 Å². The maximum Gasteiger partial charge on any atom is 0.410 e. The summed E-state index contributed by atoms with van der Waals surface area (Å²) in [6.07, 6.45) is 2.39. The second-order valence-electron chi connectivity index (χ2n) is 7.97. The molecular formula is C17H27N3O4. The van der Waals surface area contributed by atoms with Crippen molar-refractivity contribution in [2.24, 2.45) is 7.05 Å². The molecule has 2 aliphatic rings. The first-order valence-electron chi connectivity index (χ1n) is 8.41. The van der Waals surface area contributed by atoms with Gasteiger partial charge in [-0.2, -0.15) is 5.10 Å². The van der Waals surface area contributed by atoms with Gasteiger partial charge in [0.05, 0.1) is 36.6 Å². The van der Waals surface area contributed by atoms with Gasteiger partial charge in [0.25, 0.3) is 0 Å². The van der Waals surface area contributed by atoms with Crippen molar-refractivity contribution in [3.05, 3.63) is 17.5 Å². The van der Waals surface area contributed by atoms with Gasteiger partial charge in [0.15, 0.2) is 0 Å². The predicted molar refractivity (Wildman–Crippen MR) is 87.5 cm³/mol. The smallest absolute Gasteiger partial charge is 0.410 e. The molecule has 7 heteroatoms. The van der Waals surface area contributed by atoms with Crippen LogP contribution in [0.2, 0.25) is 0 Å². The van der Waals surface area contributed by atoms with E-state index in [0.717, 1.165) is 11.3 Å². The van der Waals surface area contributed by atoms with Crippen LogP contribution in [0.4, 0.5) is 4.79 Å². The number of aromatic nitrogens is 2. The Morgan fingerprint density at radius 2 is 1.96 bits per heavy atom. The van der Waals surface area contributed by atoms with Crippen molar-refractivity contribution in [1.82, 2.24) is 14.7 Å². The van der Waals surface area contributed by atoms with Gasteiger partial charge in [-0.15, -0.1) is 0 Å². The van der Waals surface area contributed by atoms with E-state index >= 15 is 0 Å². The first-order valence-corrected chi connectivity index (χ1v) is 8.41. The molecule has 0 spiro atoms. The number of aryl methyl sites for hydroxylation is 2. The average Bonchev–Trinajstić information content (AvgIpc) is 2.75. The molecule has 1 amide bonds. The van der Waals surface area contributed by atoms with Gasteiger partial charge in [0.1, 0.15) is 5.60 Å². The number of aliphatic hydroxyl groups is 1. The lowest BCUT2D eigenvalue weighted by Gasteiger charge is -2.51. The van der Waals surface area contributed by atoms with Crippen LogP contribution >= 0.6 is 0 Å². The highest BCUT2D eigenvalue weighted by Crippen LogP contribution is 2.42. The van der Waals surface area contributed by atoms with Crippen molar-refractivity contribution in [3.8, 4) is 0 Å². The number of amides is 1. The summed E-state index contributed by atoms with van der Waals surface area (Å²) in [5, 5.41) is 15.6. The number of hydrogen-bond acceptors (Lipinski definition) is 5. The Morgan fingerprint density at radius 3 is 2.42 bits per heavy atom. The second kappa shape index (κ2) is 5.74. The van der Waals surface area contributed by atoms with Crippen LogP contribution in [0.5, 0.6) is 0 Å². The minimum Gasteiger partial charge on any atom is -0.444 e.